The summed E-state index contributed by atoms with van der Waals surface area (Å²) < 4.78 is 5.89. The number of aliphatic hydroxyl groups excluding tert-OH is 2. The first kappa shape index (κ1) is 51.6. The van der Waals surface area contributed by atoms with Crippen LogP contribution >= 0.6 is 0 Å². The number of carbonyl (C=O) groups excluding carboxylic acids is 2. The average Bonchev–Trinajstić information content (AvgIpc) is 3.15. The minimum atomic E-state index is -0.782. The van der Waals surface area contributed by atoms with Gasteiger partial charge in [-0.3, -0.25) is 9.59 Å². The molecule has 53 heavy (non-hydrogen) atoms. The third-order valence-electron chi connectivity index (χ3n) is 10.8. The number of nitrogens with one attached hydrogen (secondary N) is 1. The summed E-state index contributed by atoms with van der Waals surface area (Å²) in [7, 11) is 0. The minimum Gasteiger partial charge on any atom is -0.462 e. The summed E-state index contributed by atoms with van der Waals surface area (Å²) >= 11 is 0. The standard InChI is InChI=1S/C47H91NO5/c1-4-7-10-13-16-19-21-23-25-28-31-34-37-40-47(52)53-43(38-35-32-29-26-18-15-12-9-6-3)41-46(51)48-44(42-49)45(50)39-36-33-30-27-24-22-20-17-14-11-8-5-2/h23,25,43-45,49-50H,4-22,24,26-42H2,1-3H3,(H,48,51)/b25-23-. The Labute approximate surface area is 329 Å². The molecular formula is C47H91NO5. The third-order valence-corrected chi connectivity index (χ3v) is 10.8. The molecule has 0 rings (SSSR count). The first-order chi connectivity index (χ1) is 26.0. The smallest absolute Gasteiger partial charge is 0.306 e. The van der Waals surface area contributed by atoms with Crippen molar-refractivity contribution in [3.63, 3.8) is 0 Å². The number of hydrogen-bond donors (Lipinski definition) is 3. The van der Waals surface area contributed by atoms with Gasteiger partial charge in [0.1, 0.15) is 6.10 Å². The van der Waals surface area contributed by atoms with E-state index in [4.69, 9.17) is 4.74 Å². The van der Waals surface area contributed by atoms with Gasteiger partial charge < -0.3 is 20.3 Å². The summed E-state index contributed by atoms with van der Waals surface area (Å²) in [6.07, 6.45) is 44.1. The molecule has 0 fully saturated rings. The van der Waals surface area contributed by atoms with E-state index in [1.807, 2.05) is 0 Å². The first-order valence-corrected chi connectivity index (χ1v) is 23.4. The number of ether oxygens (including phenoxy) is 1. The molecule has 0 aromatic rings. The Bertz CT molecular complexity index is 802. The second-order valence-corrected chi connectivity index (χ2v) is 16.2. The zero-order valence-electron chi connectivity index (χ0n) is 35.7. The lowest BCUT2D eigenvalue weighted by molar-refractivity contribution is -0.151. The van der Waals surface area contributed by atoms with Gasteiger partial charge in [0.2, 0.25) is 5.91 Å². The summed E-state index contributed by atoms with van der Waals surface area (Å²) in [6, 6.07) is -0.695. The number of hydrogen-bond acceptors (Lipinski definition) is 5. The molecule has 0 bridgehead atoms. The summed E-state index contributed by atoms with van der Waals surface area (Å²) in [4.78, 5) is 25.9. The zero-order chi connectivity index (χ0) is 38.9. The second kappa shape index (κ2) is 41.8. The maximum atomic E-state index is 13.1. The number of amides is 1. The van der Waals surface area contributed by atoms with Crippen molar-refractivity contribution >= 4 is 11.9 Å². The summed E-state index contributed by atoms with van der Waals surface area (Å²) in [5, 5.41) is 23.6. The Hall–Kier alpha value is -1.40. The predicted molar refractivity (Wildman–Crippen MR) is 227 cm³/mol. The van der Waals surface area contributed by atoms with Crippen LogP contribution in [0.25, 0.3) is 0 Å². The molecule has 0 aromatic carbocycles. The normalized spacial score (nSPS) is 13.4. The highest BCUT2D eigenvalue weighted by Crippen LogP contribution is 2.18. The molecule has 0 saturated carbocycles. The van der Waals surface area contributed by atoms with Crippen LogP contribution in [0.5, 0.6) is 0 Å². The zero-order valence-corrected chi connectivity index (χ0v) is 35.7. The molecule has 0 aromatic heterocycles. The van der Waals surface area contributed by atoms with Gasteiger partial charge in [0, 0.05) is 6.42 Å². The molecule has 0 heterocycles. The summed E-state index contributed by atoms with van der Waals surface area (Å²) in [5.74, 6) is -0.484. The number of esters is 1. The van der Waals surface area contributed by atoms with Crippen LogP contribution in [-0.4, -0.2) is 46.9 Å². The van der Waals surface area contributed by atoms with Crippen molar-refractivity contribution in [1.82, 2.24) is 5.32 Å². The van der Waals surface area contributed by atoms with Crippen molar-refractivity contribution in [1.29, 1.82) is 0 Å². The van der Waals surface area contributed by atoms with Crippen molar-refractivity contribution in [3.05, 3.63) is 12.2 Å². The Morgan fingerprint density at radius 1 is 0.528 bits per heavy atom. The van der Waals surface area contributed by atoms with Gasteiger partial charge in [-0.1, -0.05) is 200 Å². The summed E-state index contributed by atoms with van der Waals surface area (Å²) in [5.41, 5.74) is 0. The lowest BCUT2D eigenvalue weighted by Gasteiger charge is -2.24. The molecule has 0 saturated heterocycles. The lowest BCUT2D eigenvalue weighted by Crippen LogP contribution is -2.46. The van der Waals surface area contributed by atoms with Gasteiger partial charge in [0.15, 0.2) is 0 Å². The molecule has 3 atom stereocenters. The predicted octanol–water partition coefficient (Wildman–Crippen LogP) is 13.4. The third kappa shape index (κ3) is 37.3. The summed E-state index contributed by atoms with van der Waals surface area (Å²) in [6.45, 7) is 6.46. The van der Waals surface area contributed by atoms with Crippen LogP contribution in [0, 0.1) is 0 Å². The fourth-order valence-corrected chi connectivity index (χ4v) is 7.25. The van der Waals surface area contributed by atoms with Crippen LogP contribution in [0.2, 0.25) is 0 Å². The van der Waals surface area contributed by atoms with Gasteiger partial charge >= 0.3 is 5.97 Å². The highest BCUT2D eigenvalue weighted by molar-refractivity contribution is 5.77. The average molecular weight is 750 g/mol. The molecule has 3 unspecified atom stereocenters. The monoisotopic (exact) mass is 750 g/mol. The highest BCUT2D eigenvalue weighted by Gasteiger charge is 2.24. The molecular weight excluding hydrogens is 659 g/mol. The van der Waals surface area contributed by atoms with Gasteiger partial charge in [-0.05, 0) is 51.4 Å². The first-order valence-electron chi connectivity index (χ1n) is 23.4. The van der Waals surface area contributed by atoms with E-state index in [0.717, 1.165) is 51.4 Å². The van der Waals surface area contributed by atoms with Crippen LogP contribution in [0.1, 0.15) is 252 Å². The van der Waals surface area contributed by atoms with Crippen LogP contribution in [0.3, 0.4) is 0 Å². The number of unbranched alkanes of at least 4 members (excludes halogenated alkanes) is 28. The maximum Gasteiger partial charge on any atom is 0.306 e. The Morgan fingerprint density at radius 3 is 1.34 bits per heavy atom. The molecule has 0 aliphatic rings. The molecule has 0 aliphatic heterocycles. The van der Waals surface area contributed by atoms with Gasteiger partial charge in [0.05, 0.1) is 25.2 Å². The van der Waals surface area contributed by atoms with Gasteiger partial charge in [-0.15, -0.1) is 0 Å². The Balaban J connectivity index is 4.51. The largest absolute Gasteiger partial charge is 0.462 e. The molecule has 6 nitrogen and oxygen atoms in total. The molecule has 1 amide bonds. The van der Waals surface area contributed by atoms with Crippen molar-refractivity contribution in [3.8, 4) is 0 Å². The Kier molecular flexibility index (Phi) is 40.7. The van der Waals surface area contributed by atoms with Crippen molar-refractivity contribution in [2.75, 3.05) is 6.61 Å². The van der Waals surface area contributed by atoms with E-state index >= 15 is 0 Å². The highest BCUT2D eigenvalue weighted by atomic mass is 16.5. The number of aliphatic hydroxyl groups is 2. The quantitative estimate of drug-likeness (QED) is 0.0328. The van der Waals surface area contributed by atoms with Crippen LogP contribution in [-0.2, 0) is 14.3 Å². The number of carbonyl (C=O) groups is 2. The lowest BCUT2D eigenvalue weighted by atomic mass is 10.0. The molecule has 314 valence electrons. The number of allylic oxidation sites excluding steroid dienone is 2. The van der Waals surface area contributed by atoms with E-state index < -0.39 is 18.2 Å². The van der Waals surface area contributed by atoms with Gasteiger partial charge in [-0.25, -0.2) is 0 Å². The van der Waals surface area contributed by atoms with E-state index in [2.05, 4.69) is 38.2 Å². The molecule has 0 aliphatic carbocycles. The number of rotatable bonds is 42. The van der Waals surface area contributed by atoms with E-state index in [1.54, 1.807) is 0 Å². The Morgan fingerprint density at radius 2 is 0.906 bits per heavy atom. The van der Waals surface area contributed by atoms with E-state index in [9.17, 15) is 19.8 Å². The maximum absolute atomic E-state index is 13.1. The fraction of sp³-hybridized carbons (Fsp3) is 0.915. The van der Waals surface area contributed by atoms with E-state index in [0.29, 0.717) is 19.3 Å². The van der Waals surface area contributed by atoms with Crippen LogP contribution < -0.4 is 5.32 Å². The van der Waals surface area contributed by atoms with Crippen molar-refractivity contribution in [2.45, 2.75) is 270 Å². The minimum absolute atomic E-state index is 0.0774. The van der Waals surface area contributed by atoms with Crippen molar-refractivity contribution < 1.29 is 24.5 Å². The van der Waals surface area contributed by atoms with Gasteiger partial charge in [-0.2, -0.15) is 0 Å². The van der Waals surface area contributed by atoms with Crippen LogP contribution in [0.15, 0.2) is 12.2 Å². The van der Waals surface area contributed by atoms with E-state index in [-0.39, 0.29) is 24.9 Å². The molecule has 3 N–H and O–H groups in total. The van der Waals surface area contributed by atoms with E-state index in [1.165, 1.54) is 154 Å². The topological polar surface area (TPSA) is 95.9 Å². The fourth-order valence-electron chi connectivity index (χ4n) is 7.25. The second-order valence-electron chi connectivity index (χ2n) is 16.2. The van der Waals surface area contributed by atoms with Gasteiger partial charge in [0.25, 0.3) is 0 Å². The SMILES string of the molecule is CCCCCCCC/C=C\CCCCCC(=O)OC(CCCCCCCCCCC)CC(=O)NC(CO)C(O)CCCCCCCCCCCCCC. The van der Waals surface area contributed by atoms with Crippen molar-refractivity contribution in [2.24, 2.45) is 0 Å². The molecule has 0 spiro atoms. The van der Waals surface area contributed by atoms with Crippen LogP contribution in [0.4, 0.5) is 0 Å². The molecule has 6 heteroatoms. The molecule has 0 radical (unpaired) electrons.